The molecular weight excluding hydrogens is 198 g/mol. The SMILES string of the molecule is CC(C)CN(C(=O)Cl)c1ccccc1. The van der Waals surface area contributed by atoms with Crippen LogP contribution in [0.1, 0.15) is 13.8 Å². The maximum Gasteiger partial charge on any atom is 0.320 e. The second-order valence-electron chi connectivity index (χ2n) is 3.59. The first-order valence-electron chi connectivity index (χ1n) is 4.63. The maximum atomic E-state index is 11.2. The first-order valence-corrected chi connectivity index (χ1v) is 5.01. The Hall–Kier alpha value is -1.02. The third kappa shape index (κ3) is 3.04. The summed E-state index contributed by atoms with van der Waals surface area (Å²) in [6.07, 6.45) is 0. The molecule has 14 heavy (non-hydrogen) atoms. The number of benzene rings is 1. The first-order chi connectivity index (χ1) is 6.61. The molecule has 2 nitrogen and oxygen atoms in total. The molecule has 0 unspecified atom stereocenters. The molecule has 0 aliphatic heterocycles. The van der Waals surface area contributed by atoms with E-state index in [4.69, 9.17) is 11.6 Å². The van der Waals surface area contributed by atoms with Crippen LogP contribution in [0, 0.1) is 5.92 Å². The molecule has 0 spiro atoms. The number of amides is 1. The number of hydrogen-bond acceptors (Lipinski definition) is 1. The van der Waals surface area contributed by atoms with Gasteiger partial charge in [-0.2, -0.15) is 0 Å². The van der Waals surface area contributed by atoms with Gasteiger partial charge in [0.25, 0.3) is 0 Å². The van der Waals surface area contributed by atoms with Crippen LogP contribution in [0.25, 0.3) is 0 Å². The molecule has 0 saturated heterocycles. The Bertz CT molecular complexity index is 297. The number of rotatable bonds is 3. The van der Waals surface area contributed by atoms with Gasteiger partial charge < -0.3 is 0 Å². The Balaban J connectivity index is 2.84. The number of anilines is 1. The fourth-order valence-electron chi connectivity index (χ4n) is 1.25. The van der Waals surface area contributed by atoms with Gasteiger partial charge in [0.05, 0.1) is 0 Å². The number of halogens is 1. The summed E-state index contributed by atoms with van der Waals surface area (Å²) in [5.41, 5.74) is 0.848. The van der Waals surface area contributed by atoms with E-state index in [-0.39, 0.29) is 0 Å². The Morgan fingerprint density at radius 3 is 2.36 bits per heavy atom. The van der Waals surface area contributed by atoms with Crippen molar-refractivity contribution < 1.29 is 4.79 Å². The average Bonchev–Trinajstić information content (AvgIpc) is 2.15. The molecule has 0 heterocycles. The summed E-state index contributed by atoms with van der Waals surface area (Å²) in [4.78, 5) is 12.7. The highest BCUT2D eigenvalue weighted by molar-refractivity contribution is 6.66. The van der Waals surface area contributed by atoms with Gasteiger partial charge in [0.2, 0.25) is 0 Å². The number of carbonyl (C=O) groups excluding carboxylic acids is 1. The molecule has 0 aliphatic rings. The molecule has 0 bridgehead atoms. The van der Waals surface area contributed by atoms with Crippen LogP contribution in [0.5, 0.6) is 0 Å². The van der Waals surface area contributed by atoms with E-state index >= 15 is 0 Å². The van der Waals surface area contributed by atoms with Crippen molar-refractivity contribution in [2.24, 2.45) is 5.92 Å². The molecule has 76 valence electrons. The topological polar surface area (TPSA) is 20.3 Å². The quantitative estimate of drug-likeness (QED) is 0.554. The molecule has 1 aromatic carbocycles. The molecule has 1 amide bonds. The van der Waals surface area contributed by atoms with Crippen molar-refractivity contribution >= 4 is 22.7 Å². The van der Waals surface area contributed by atoms with Crippen LogP contribution in [-0.4, -0.2) is 11.9 Å². The summed E-state index contributed by atoms with van der Waals surface area (Å²) >= 11 is 5.51. The second kappa shape index (κ2) is 5.01. The molecule has 1 aromatic rings. The molecule has 0 aliphatic carbocycles. The number of carbonyl (C=O) groups is 1. The Morgan fingerprint density at radius 2 is 1.93 bits per heavy atom. The maximum absolute atomic E-state index is 11.2. The summed E-state index contributed by atoms with van der Waals surface area (Å²) in [7, 11) is 0. The van der Waals surface area contributed by atoms with E-state index in [1.54, 1.807) is 4.90 Å². The zero-order chi connectivity index (χ0) is 10.6. The lowest BCUT2D eigenvalue weighted by Gasteiger charge is -2.21. The minimum Gasteiger partial charge on any atom is -0.299 e. The summed E-state index contributed by atoms with van der Waals surface area (Å²) in [6, 6.07) is 9.45. The van der Waals surface area contributed by atoms with E-state index in [1.807, 2.05) is 30.3 Å². The standard InChI is InChI=1S/C11H14ClNO/c1-9(2)8-13(11(12)14)10-6-4-3-5-7-10/h3-7,9H,8H2,1-2H3. The fraction of sp³-hybridized carbons (Fsp3) is 0.364. The highest BCUT2D eigenvalue weighted by atomic mass is 35.5. The molecular formula is C11H14ClNO. The third-order valence-electron chi connectivity index (χ3n) is 1.83. The van der Waals surface area contributed by atoms with E-state index in [9.17, 15) is 4.79 Å². The van der Waals surface area contributed by atoms with Crippen molar-refractivity contribution in [2.75, 3.05) is 11.4 Å². The molecule has 1 rings (SSSR count). The second-order valence-corrected chi connectivity index (χ2v) is 3.92. The number of hydrogen-bond donors (Lipinski definition) is 0. The lowest BCUT2D eigenvalue weighted by Crippen LogP contribution is -2.29. The molecule has 0 aromatic heterocycles. The molecule has 0 saturated carbocycles. The summed E-state index contributed by atoms with van der Waals surface area (Å²) in [6.45, 7) is 4.75. The van der Waals surface area contributed by atoms with Crippen molar-refractivity contribution in [3.8, 4) is 0 Å². The average molecular weight is 212 g/mol. The molecule has 0 atom stereocenters. The van der Waals surface area contributed by atoms with Crippen molar-refractivity contribution in [1.82, 2.24) is 0 Å². The predicted molar refractivity (Wildman–Crippen MR) is 59.9 cm³/mol. The van der Waals surface area contributed by atoms with Gasteiger partial charge in [-0.05, 0) is 29.7 Å². The molecule has 0 radical (unpaired) electrons. The monoisotopic (exact) mass is 211 g/mol. The number of nitrogens with zero attached hydrogens (tertiary/aromatic N) is 1. The Morgan fingerprint density at radius 1 is 1.36 bits per heavy atom. The van der Waals surface area contributed by atoms with Gasteiger partial charge in [-0.3, -0.25) is 9.69 Å². The lowest BCUT2D eigenvalue weighted by molar-refractivity contribution is 0.263. The van der Waals surface area contributed by atoms with Crippen molar-refractivity contribution in [3.63, 3.8) is 0 Å². The third-order valence-corrected chi connectivity index (χ3v) is 2.03. The Labute approximate surface area is 89.5 Å². The van der Waals surface area contributed by atoms with Crippen LogP contribution in [0.3, 0.4) is 0 Å². The van der Waals surface area contributed by atoms with E-state index in [2.05, 4.69) is 13.8 Å². The predicted octanol–water partition coefficient (Wildman–Crippen LogP) is 3.51. The van der Waals surface area contributed by atoms with Crippen molar-refractivity contribution in [2.45, 2.75) is 13.8 Å². The van der Waals surface area contributed by atoms with Crippen LogP contribution < -0.4 is 4.90 Å². The zero-order valence-corrected chi connectivity index (χ0v) is 9.16. The largest absolute Gasteiger partial charge is 0.320 e. The van der Waals surface area contributed by atoms with E-state index in [1.165, 1.54) is 0 Å². The fourth-order valence-corrected chi connectivity index (χ4v) is 1.42. The van der Waals surface area contributed by atoms with Crippen LogP contribution in [-0.2, 0) is 0 Å². The van der Waals surface area contributed by atoms with Crippen molar-refractivity contribution in [1.29, 1.82) is 0 Å². The van der Waals surface area contributed by atoms with E-state index in [0.29, 0.717) is 12.5 Å². The van der Waals surface area contributed by atoms with Gasteiger partial charge >= 0.3 is 5.37 Å². The molecule has 3 heteroatoms. The van der Waals surface area contributed by atoms with E-state index in [0.717, 1.165) is 5.69 Å². The lowest BCUT2D eigenvalue weighted by atomic mass is 10.2. The Kier molecular flexibility index (Phi) is 3.96. The molecule has 0 N–H and O–H groups in total. The van der Waals surface area contributed by atoms with Gasteiger partial charge in [-0.15, -0.1) is 0 Å². The molecule has 0 fully saturated rings. The van der Waals surface area contributed by atoms with E-state index < -0.39 is 5.37 Å². The highest BCUT2D eigenvalue weighted by Crippen LogP contribution is 2.16. The normalized spacial score (nSPS) is 10.3. The zero-order valence-electron chi connectivity index (χ0n) is 8.40. The highest BCUT2D eigenvalue weighted by Gasteiger charge is 2.13. The summed E-state index contributed by atoms with van der Waals surface area (Å²) < 4.78 is 0. The minimum atomic E-state index is -0.426. The van der Waals surface area contributed by atoms with Crippen LogP contribution in [0.4, 0.5) is 10.5 Å². The van der Waals surface area contributed by atoms with Crippen LogP contribution in [0.15, 0.2) is 30.3 Å². The van der Waals surface area contributed by atoms with Crippen LogP contribution in [0.2, 0.25) is 0 Å². The smallest absolute Gasteiger partial charge is 0.299 e. The first kappa shape index (κ1) is 11.1. The van der Waals surface area contributed by atoms with Gasteiger partial charge in [-0.1, -0.05) is 32.0 Å². The minimum absolute atomic E-state index is 0.401. The van der Waals surface area contributed by atoms with Crippen LogP contribution >= 0.6 is 11.6 Å². The van der Waals surface area contributed by atoms with Gasteiger partial charge in [0, 0.05) is 12.2 Å². The van der Waals surface area contributed by atoms with Crippen molar-refractivity contribution in [3.05, 3.63) is 30.3 Å². The van der Waals surface area contributed by atoms with Gasteiger partial charge in [-0.25, -0.2) is 0 Å². The van der Waals surface area contributed by atoms with Gasteiger partial charge in [0.15, 0.2) is 0 Å². The summed E-state index contributed by atoms with van der Waals surface area (Å²) in [5, 5.41) is -0.426. The van der Waals surface area contributed by atoms with Gasteiger partial charge in [0.1, 0.15) is 0 Å². The number of para-hydroxylation sites is 1. The summed E-state index contributed by atoms with van der Waals surface area (Å²) in [5.74, 6) is 0.401.